The molecule has 1 radical (unpaired) electrons. The van der Waals surface area contributed by atoms with Crippen molar-refractivity contribution in [2.45, 2.75) is 33.2 Å². The number of nitrogens with zero attached hydrogens (tertiary/aromatic N) is 1. The first kappa shape index (κ1) is 14.7. The number of rotatable bonds is 0. The van der Waals surface area contributed by atoms with E-state index in [2.05, 4.69) is 44.0 Å². The Hall–Kier alpha value is -0.336. The van der Waals surface area contributed by atoms with Crippen molar-refractivity contribution in [2.24, 2.45) is 0 Å². The first-order valence-electron chi connectivity index (χ1n) is 5.53. The number of aromatic hydroxyl groups is 1. The van der Waals surface area contributed by atoms with E-state index in [1.807, 2.05) is 13.8 Å². The topological polar surface area (TPSA) is 23.5 Å². The number of hydrogen-bond donors (Lipinski definition) is 1. The summed E-state index contributed by atoms with van der Waals surface area (Å²) in [5, 5.41) is 9.84. The van der Waals surface area contributed by atoms with Gasteiger partial charge in [-0.3, -0.25) is 0 Å². The molecule has 0 spiro atoms. The number of phenols is 1. The maximum Gasteiger partial charge on any atom is 0.0497 e. The van der Waals surface area contributed by atoms with E-state index in [0.29, 0.717) is 0 Å². The van der Waals surface area contributed by atoms with Crippen molar-refractivity contribution in [3.05, 3.63) is 28.8 Å². The van der Waals surface area contributed by atoms with Crippen molar-refractivity contribution in [3.63, 3.8) is 0 Å². The molecule has 3 heteroatoms. The van der Waals surface area contributed by atoms with E-state index >= 15 is 0 Å². The van der Waals surface area contributed by atoms with Crippen LogP contribution in [0.5, 0.6) is 5.75 Å². The maximum atomic E-state index is 9.84. The van der Waals surface area contributed by atoms with E-state index in [1.54, 1.807) is 0 Å². The molecule has 0 saturated carbocycles. The minimum absolute atomic E-state index is 0. The van der Waals surface area contributed by atoms with Crippen LogP contribution >= 0.6 is 0 Å². The fourth-order valence-electron chi connectivity index (χ4n) is 2.15. The molecule has 0 aliphatic carbocycles. The molecule has 0 saturated heterocycles. The van der Waals surface area contributed by atoms with Crippen molar-refractivity contribution >= 4 is 11.8 Å². The smallest absolute Gasteiger partial charge is 0.0497 e. The SMILES string of the molecule is Cc1[c-]c(O)c(C)c2c1C=CC(C)(C)N2C.[Y]. The zero-order chi connectivity index (χ0) is 12.1. The molecule has 1 aromatic carbocycles. The predicted molar refractivity (Wildman–Crippen MR) is 67.9 cm³/mol. The Labute approximate surface area is 129 Å². The number of fused-ring (bicyclic) bond motifs is 1. The summed E-state index contributed by atoms with van der Waals surface area (Å²) in [7, 11) is 2.06. The number of phenolic OH excluding ortho intramolecular Hbond substituents is 1. The normalized spacial score (nSPS) is 16.4. The Balaban J connectivity index is 0.00000144. The second-order valence-electron chi connectivity index (χ2n) is 5.03. The summed E-state index contributed by atoms with van der Waals surface area (Å²) in [5.41, 5.74) is 4.16. The second-order valence-corrected chi connectivity index (χ2v) is 5.03. The van der Waals surface area contributed by atoms with Gasteiger partial charge in [-0.2, -0.15) is 5.56 Å². The van der Waals surface area contributed by atoms with E-state index in [4.69, 9.17) is 0 Å². The Bertz CT molecular complexity index is 478. The molecule has 1 heterocycles. The standard InChI is InChI=1S/C14H18NO.Y/c1-9-8-12(16)10(2)13-11(9)6-7-14(3,4)15(13)5;/h6-7,16H,1-5H3;/q-1;. The van der Waals surface area contributed by atoms with Gasteiger partial charge in [0.2, 0.25) is 0 Å². The second kappa shape index (κ2) is 4.74. The summed E-state index contributed by atoms with van der Waals surface area (Å²) >= 11 is 0. The summed E-state index contributed by atoms with van der Waals surface area (Å²) in [6.45, 7) is 8.24. The Morgan fingerprint density at radius 1 is 1.29 bits per heavy atom. The number of benzene rings is 1. The van der Waals surface area contributed by atoms with Gasteiger partial charge in [0.25, 0.3) is 0 Å². The van der Waals surface area contributed by atoms with Gasteiger partial charge in [-0.05, 0) is 13.8 Å². The minimum Gasteiger partial charge on any atom is -0.534 e. The average Bonchev–Trinajstić information content (AvgIpc) is 2.19. The molecular formula is C14H18NOY-. The van der Waals surface area contributed by atoms with Crippen LogP contribution in [0, 0.1) is 19.9 Å². The van der Waals surface area contributed by atoms with Gasteiger partial charge in [-0.15, -0.1) is 17.7 Å². The summed E-state index contributed by atoms with van der Waals surface area (Å²) in [4.78, 5) is 2.21. The third kappa shape index (κ3) is 2.30. The number of likely N-dealkylation sites (N-methyl/N-ethyl adjacent to an activating group) is 1. The molecule has 89 valence electrons. The maximum absolute atomic E-state index is 9.84. The quantitative estimate of drug-likeness (QED) is 0.745. The molecule has 2 nitrogen and oxygen atoms in total. The van der Waals surface area contributed by atoms with E-state index in [0.717, 1.165) is 22.4 Å². The van der Waals surface area contributed by atoms with Gasteiger partial charge in [-0.1, -0.05) is 31.2 Å². The summed E-state index contributed by atoms with van der Waals surface area (Å²) in [6, 6.07) is 2.99. The third-order valence-corrected chi connectivity index (χ3v) is 3.53. The van der Waals surface area contributed by atoms with Crippen LogP contribution in [0.25, 0.3) is 6.08 Å². The monoisotopic (exact) mass is 305 g/mol. The van der Waals surface area contributed by atoms with Gasteiger partial charge >= 0.3 is 0 Å². The molecule has 1 aliphatic rings. The van der Waals surface area contributed by atoms with Crippen LogP contribution in [0.3, 0.4) is 0 Å². The van der Waals surface area contributed by atoms with Crippen molar-refractivity contribution in [3.8, 4) is 5.75 Å². The van der Waals surface area contributed by atoms with Crippen molar-refractivity contribution < 1.29 is 37.8 Å². The molecule has 0 atom stereocenters. The van der Waals surface area contributed by atoms with Gasteiger partial charge < -0.3 is 10.0 Å². The van der Waals surface area contributed by atoms with Crippen molar-refractivity contribution in [1.29, 1.82) is 0 Å². The van der Waals surface area contributed by atoms with Crippen LogP contribution in [0.1, 0.15) is 30.5 Å². The zero-order valence-electron chi connectivity index (χ0n) is 11.1. The molecule has 17 heavy (non-hydrogen) atoms. The number of aryl methyl sites for hydroxylation is 1. The summed E-state index contributed by atoms with van der Waals surface area (Å²) < 4.78 is 0. The molecule has 1 aromatic rings. The Morgan fingerprint density at radius 3 is 2.47 bits per heavy atom. The summed E-state index contributed by atoms with van der Waals surface area (Å²) in [5.74, 6) is 0.259. The van der Waals surface area contributed by atoms with Crippen LogP contribution < -0.4 is 4.90 Å². The van der Waals surface area contributed by atoms with E-state index < -0.39 is 0 Å². The first-order chi connectivity index (χ1) is 7.34. The van der Waals surface area contributed by atoms with Crippen molar-refractivity contribution in [2.75, 3.05) is 11.9 Å². The fourth-order valence-corrected chi connectivity index (χ4v) is 2.15. The van der Waals surface area contributed by atoms with E-state index in [9.17, 15) is 5.11 Å². The predicted octanol–water partition coefficient (Wildman–Crippen LogP) is 3.05. The average molecular weight is 305 g/mol. The van der Waals surface area contributed by atoms with Gasteiger partial charge in [0.1, 0.15) is 0 Å². The molecule has 1 aliphatic heterocycles. The van der Waals surface area contributed by atoms with Crippen LogP contribution in [-0.2, 0) is 32.7 Å². The fraction of sp³-hybridized carbons (Fsp3) is 0.429. The van der Waals surface area contributed by atoms with E-state index in [-0.39, 0.29) is 44.0 Å². The van der Waals surface area contributed by atoms with E-state index in [1.165, 1.54) is 0 Å². The van der Waals surface area contributed by atoms with Crippen LogP contribution in [0.2, 0.25) is 0 Å². The Morgan fingerprint density at radius 2 is 1.88 bits per heavy atom. The molecule has 0 bridgehead atoms. The Kier molecular flexibility index (Phi) is 4.10. The third-order valence-electron chi connectivity index (χ3n) is 3.53. The molecule has 0 unspecified atom stereocenters. The number of anilines is 1. The summed E-state index contributed by atoms with van der Waals surface area (Å²) in [6.07, 6.45) is 4.32. The van der Waals surface area contributed by atoms with Gasteiger partial charge in [0, 0.05) is 51.0 Å². The minimum atomic E-state index is -0.0159. The molecular weight excluding hydrogens is 287 g/mol. The van der Waals surface area contributed by atoms with Gasteiger partial charge in [0.05, 0.1) is 0 Å². The van der Waals surface area contributed by atoms with Gasteiger partial charge in [-0.25, -0.2) is 0 Å². The first-order valence-corrected chi connectivity index (χ1v) is 5.53. The van der Waals surface area contributed by atoms with Gasteiger partial charge in [0.15, 0.2) is 0 Å². The number of hydrogen-bond acceptors (Lipinski definition) is 2. The molecule has 0 amide bonds. The zero-order valence-corrected chi connectivity index (χ0v) is 14.0. The molecule has 2 rings (SSSR count). The van der Waals surface area contributed by atoms with Crippen LogP contribution in [0.4, 0.5) is 5.69 Å². The molecule has 0 fully saturated rings. The molecule has 1 N–H and O–H groups in total. The van der Waals surface area contributed by atoms with Crippen LogP contribution in [-0.4, -0.2) is 17.7 Å². The largest absolute Gasteiger partial charge is 0.534 e. The van der Waals surface area contributed by atoms with Crippen LogP contribution in [0.15, 0.2) is 6.08 Å². The van der Waals surface area contributed by atoms with Crippen molar-refractivity contribution in [1.82, 2.24) is 0 Å². The molecule has 0 aromatic heterocycles.